The number of benzene rings is 1. The van der Waals surface area contributed by atoms with Crippen LogP contribution in [-0.2, 0) is 0 Å². The van der Waals surface area contributed by atoms with Gasteiger partial charge in [-0.05, 0) is 12.1 Å². The standard InChI is InChI=1S/C11H7FN2O2S/c12-7-3-1-2-4-8(7)17-10-9(11(15)16)13-5-6-14-10/h1-6H,(H,15,16). The molecule has 0 fully saturated rings. The smallest absolute Gasteiger partial charge is 0.357 e. The molecule has 1 heterocycles. The first-order valence-corrected chi connectivity index (χ1v) is 5.47. The number of halogens is 1. The Morgan fingerprint density at radius 2 is 1.94 bits per heavy atom. The second kappa shape index (κ2) is 4.92. The van der Waals surface area contributed by atoms with Crippen LogP contribution >= 0.6 is 11.8 Å². The molecule has 0 amide bonds. The Labute approximate surface area is 101 Å². The summed E-state index contributed by atoms with van der Waals surface area (Å²) in [5.74, 6) is -1.60. The first kappa shape index (κ1) is 11.5. The van der Waals surface area contributed by atoms with Gasteiger partial charge in [-0.3, -0.25) is 0 Å². The fourth-order valence-corrected chi connectivity index (χ4v) is 2.05. The average molecular weight is 250 g/mol. The van der Waals surface area contributed by atoms with Crippen LogP contribution in [0.3, 0.4) is 0 Å². The molecule has 6 heteroatoms. The third kappa shape index (κ3) is 2.59. The summed E-state index contributed by atoms with van der Waals surface area (Å²) in [7, 11) is 0. The number of carbonyl (C=O) groups is 1. The van der Waals surface area contributed by atoms with Gasteiger partial charge in [0.05, 0.1) is 0 Å². The molecule has 0 unspecified atom stereocenters. The Morgan fingerprint density at radius 1 is 1.24 bits per heavy atom. The van der Waals surface area contributed by atoms with Gasteiger partial charge in [0, 0.05) is 17.3 Å². The van der Waals surface area contributed by atoms with E-state index in [2.05, 4.69) is 9.97 Å². The van der Waals surface area contributed by atoms with Crippen LogP contribution in [0, 0.1) is 5.82 Å². The number of carboxylic acid groups (broad SMARTS) is 1. The van der Waals surface area contributed by atoms with Crippen molar-refractivity contribution in [3.05, 3.63) is 48.2 Å². The Morgan fingerprint density at radius 3 is 2.65 bits per heavy atom. The number of carboxylic acids is 1. The van der Waals surface area contributed by atoms with E-state index in [1.54, 1.807) is 18.2 Å². The van der Waals surface area contributed by atoms with Crippen LogP contribution in [0.1, 0.15) is 10.5 Å². The van der Waals surface area contributed by atoms with Crippen molar-refractivity contribution in [3.63, 3.8) is 0 Å². The lowest BCUT2D eigenvalue weighted by Gasteiger charge is -2.03. The maximum Gasteiger partial charge on any atom is 0.357 e. The third-order valence-electron chi connectivity index (χ3n) is 1.91. The third-order valence-corrected chi connectivity index (χ3v) is 2.95. The molecule has 0 aliphatic rings. The molecule has 1 aromatic carbocycles. The minimum absolute atomic E-state index is 0.171. The second-order valence-corrected chi connectivity index (χ2v) is 4.08. The van der Waals surface area contributed by atoms with Crippen molar-refractivity contribution in [2.45, 2.75) is 9.92 Å². The second-order valence-electron chi connectivity index (χ2n) is 3.05. The van der Waals surface area contributed by atoms with E-state index in [4.69, 9.17) is 5.11 Å². The van der Waals surface area contributed by atoms with Crippen LogP contribution < -0.4 is 0 Å². The van der Waals surface area contributed by atoms with Gasteiger partial charge >= 0.3 is 5.97 Å². The molecule has 0 bridgehead atoms. The Bertz CT molecular complexity index is 563. The van der Waals surface area contributed by atoms with Gasteiger partial charge in [0.1, 0.15) is 10.8 Å². The molecular formula is C11H7FN2O2S. The van der Waals surface area contributed by atoms with Gasteiger partial charge in [-0.2, -0.15) is 0 Å². The van der Waals surface area contributed by atoms with Crippen molar-refractivity contribution >= 4 is 17.7 Å². The zero-order valence-corrected chi connectivity index (χ0v) is 9.32. The van der Waals surface area contributed by atoms with Crippen molar-refractivity contribution in [2.75, 3.05) is 0 Å². The summed E-state index contributed by atoms with van der Waals surface area (Å²) in [4.78, 5) is 18.8. The highest BCUT2D eigenvalue weighted by molar-refractivity contribution is 7.99. The molecule has 2 aromatic rings. The summed E-state index contributed by atoms with van der Waals surface area (Å²) in [6.07, 6.45) is 2.66. The minimum atomic E-state index is -1.18. The summed E-state index contributed by atoms with van der Waals surface area (Å²) >= 11 is 0.940. The fourth-order valence-electron chi connectivity index (χ4n) is 1.18. The molecule has 17 heavy (non-hydrogen) atoms. The van der Waals surface area contributed by atoms with Crippen LogP contribution in [0.5, 0.6) is 0 Å². The van der Waals surface area contributed by atoms with Crippen LogP contribution in [0.4, 0.5) is 4.39 Å². The molecule has 0 spiro atoms. The van der Waals surface area contributed by atoms with Crippen molar-refractivity contribution in [1.82, 2.24) is 9.97 Å². The molecule has 0 aliphatic heterocycles. The van der Waals surface area contributed by atoms with Crippen LogP contribution in [0.25, 0.3) is 0 Å². The van der Waals surface area contributed by atoms with Crippen LogP contribution in [0.2, 0.25) is 0 Å². The van der Waals surface area contributed by atoms with Gasteiger partial charge in [0.2, 0.25) is 0 Å². The summed E-state index contributed by atoms with van der Waals surface area (Å²) in [5, 5.41) is 9.07. The van der Waals surface area contributed by atoms with Crippen molar-refractivity contribution < 1.29 is 14.3 Å². The van der Waals surface area contributed by atoms with Gasteiger partial charge in [-0.1, -0.05) is 23.9 Å². The lowest BCUT2D eigenvalue weighted by atomic mass is 10.3. The molecule has 86 valence electrons. The van der Waals surface area contributed by atoms with Crippen LogP contribution in [-0.4, -0.2) is 21.0 Å². The maximum atomic E-state index is 13.4. The van der Waals surface area contributed by atoms with E-state index >= 15 is 0 Å². The molecule has 0 saturated carbocycles. The predicted octanol–water partition coefficient (Wildman–Crippen LogP) is 2.47. The highest BCUT2D eigenvalue weighted by Gasteiger charge is 2.15. The number of hydrogen-bond donors (Lipinski definition) is 1. The van der Waals surface area contributed by atoms with Crippen molar-refractivity contribution in [3.8, 4) is 0 Å². The lowest BCUT2D eigenvalue weighted by Crippen LogP contribution is -2.03. The summed E-state index contributed by atoms with van der Waals surface area (Å²) in [6, 6.07) is 6.09. The highest BCUT2D eigenvalue weighted by atomic mass is 32.2. The lowest BCUT2D eigenvalue weighted by molar-refractivity contribution is 0.0685. The average Bonchev–Trinajstić information content (AvgIpc) is 2.32. The fraction of sp³-hybridized carbons (Fsp3) is 0. The number of rotatable bonds is 3. The SMILES string of the molecule is O=C(O)c1nccnc1Sc1ccccc1F. The maximum absolute atomic E-state index is 13.4. The minimum Gasteiger partial charge on any atom is -0.476 e. The molecule has 4 nitrogen and oxygen atoms in total. The molecule has 1 aromatic heterocycles. The molecular weight excluding hydrogens is 243 g/mol. The topological polar surface area (TPSA) is 63.1 Å². The number of aromatic carboxylic acids is 1. The van der Waals surface area contributed by atoms with E-state index in [-0.39, 0.29) is 10.7 Å². The summed E-state index contributed by atoms with van der Waals surface area (Å²) in [6.45, 7) is 0. The van der Waals surface area contributed by atoms with E-state index in [0.29, 0.717) is 4.90 Å². The molecule has 0 atom stereocenters. The number of aromatic nitrogens is 2. The summed E-state index contributed by atoms with van der Waals surface area (Å²) < 4.78 is 13.4. The van der Waals surface area contributed by atoms with Gasteiger partial charge in [-0.15, -0.1) is 0 Å². The Kier molecular flexibility index (Phi) is 3.34. The Hall–Kier alpha value is -1.95. The first-order valence-electron chi connectivity index (χ1n) is 4.65. The normalized spacial score (nSPS) is 10.2. The van der Waals surface area contributed by atoms with E-state index < -0.39 is 11.8 Å². The van der Waals surface area contributed by atoms with Crippen LogP contribution in [0.15, 0.2) is 46.6 Å². The molecule has 2 rings (SSSR count). The van der Waals surface area contributed by atoms with Crippen molar-refractivity contribution in [2.24, 2.45) is 0 Å². The first-order chi connectivity index (χ1) is 8.18. The monoisotopic (exact) mass is 250 g/mol. The molecule has 0 radical (unpaired) electrons. The summed E-state index contributed by atoms with van der Waals surface area (Å²) in [5.41, 5.74) is -0.180. The molecule has 1 N–H and O–H groups in total. The van der Waals surface area contributed by atoms with Gasteiger partial charge in [-0.25, -0.2) is 19.2 Å². The number of nitrogens with zero attached hydrogens (tertiary/aromatic N) is 2. The quantitative estimate of drug-likeness (QED) is 0.906. The molecule has 0 saturated heterocycles. The largest absolute Gasteiger partial charge is 0.476 e. The highest BCUT2D eigenvalue weighted by Crippen LogP contribution is 2.29. The molecule has 0 aliphatic carbocycles. The van der Waals surface area contributed by atoms with E-state index in [0.717, 1.165) is 11.8 Å². The number of hydrogen-bond acceptors (Lipinski definition) is 4. The predicted molar refractivity (Wildman–Crippen MR) is 59.5 cm³/mol. The Balaban J connectivity index is 2.37. The van der Waals surface area contributed by atoms with E-state index in [1.807, 2.05) is 0 Å². The van der Waals surface area contributed by atoms with E-state index in [9.17, 15) is 9.18 Å². The van der Waals surface area contributed by atoms with E-state index in [1.165, 1.54) is 18.5 Å². The van der Waals surface area contributed by atoms with Crippen molar-refractivity contribution in [1.29, 1.82) is 0 Å². The zero-order chi connectivity index (χ0) is 12.3. The van der Waals surface area contributed by atoms with Gasteiger partial charge in [0.25, 0.3) is 0 Å². The van der Waals surface area contributed by atoms with Gasteiger partial charge < -0.3 is 5.11 Å². The van der Waals surface area contributed by atoms with Gasteiger partial charge in [0.15, 0.2) is 5.69 Å². The zero-order valence-electron chi connectivity index (χ0n) is 8.50.